The Bertz CT molecular complexity index is 683. The van der Waals surface area contributed by atoms with Crippen LogP contribution >= 0.6 is 0 Å². The minimum atomic E-state index is 0.420. The van der Waals surface area contributed by atoms with Crippen molar-refractivity contribution in [3.05, 3.63) is 89.0 Å². The summed E-state index contributed by atoms with van der Waals surface area (Å²) in [5, 5.41) is 0. The number of nitrogens with zero attached hydrogens (tertiary/aromatic N) is 1. The van der Waals surface area contributed by atoms with Gasteiger partial charge in [0.05, 0.1) is 6.33 Å². The van der Waals surface area contributed by atoms with Crippen LogP contribution in [0.1, 0.15) is 40.3 Å². The molecule has 112 valence electrons. The highest BCUT2D eigenvalue weighted by atomic mass is 14.9. The lowest BCUT2D eigenvalue weighted by molar-refractivity contribution is 0.705. The molecule has 1 aromatic heterocycles. The number of aryl methyl sites for hydroxylation is 3. The van der Waals surface area contributed by atoms with Crippen molar-refractivity contribution in [3.8, 4) is 0 Å². The summed E-state index contributed by atoms with van der Waals surface area (Å²) >= 11 is 0. The molecule has 22 heavy (non-hydrogen) atoms. The molecule has 2 heteroatoms. The number of rotatable bonds is 5. The second-order valence-corrected chi connectivity index (χ2v) is 6.00. The largest absolute Gasteiger partial charge is 0.348 e. The molecule has 0 saturated heterocycles. The topological polar surface area (TPSA) is 28.7 Å². The molecule has 3 rings (SSSR count). The van der Waals surface area contributed by atoms with E-state index in [4.69, 9.17) is 0 Å². The summed E-state index contributed by atoms with van der Waals surface area (Å²) in [6.45, 7) is 4.32. The maximum absolute atomic E-state index is 4.12. The molecule has 0 fully saturated rings. The standard InChI is InChI=1S/C20H22N2/c1-15-5-3-7-17(11-15)20(10-9-19-13-21-14-22-19)18-8-4-6-16(2)12-18/h3-8,11-14,20H,9-10H2,1-2H3,(H,21,22). The molecular weight excluding hydrogens is 268 g/mol. The van der Waals surface area contributed by atoms with Gasteiger partial charge in [-0.15, -0.1) is 0 Å². The van der Waals surface area contributed by atoms with Crippen molar-refractivity contribution in [1.29, 1.82) is 0 Å². The van der Waals surface area contributed by atoms with Crippen molar-refractivity contribution in [2.75, 3.05) is 0 Å². The summed E-state index contributed by atoms with van der Waals surface area (Å²) in [5.41, 5.74) is 6.62. The van der Waals surface area contributed by atoms with Crippen LogP contribution < -0.4 is 0 Å². The Kier molecular flexibility index (Phi) is 4.38. The van der Waals surface area contributed by atoms with Gasteiger partial charge in [-0.25, -0.2) is 4.98 Å². The van der Waals surface area contributed by atoms with Gasteiger partial charge in [0.15, 0.2) is 0 Å². The fourth-order valence-electron chi connectivity index (χ4n) is 3.02. The van der Waals surface area contributed by atoms with Gasteiger partial charge >= 0.3 is 0 Å². The van der Waals surface area contributed by atoms with E-state index in [0.717, 1.165) is 12.8 Å². The molecule has 1 heterocycles. The van der Waals surface area contributed by atoms with Crippen LogP contribution in [0.3, 0.4) is 0 Å². The Labute approximate surface area is 132 Å². The number of imidazole rings is 1. The number of H-pyrrole nitrogens is 1. The number of nitrogens with one attached hydrogen (secondary N) is 1. The predicted octanol–water partition coefficient (Wildman–Crippen LogP) is 4.79. The second-order valence-electron chi connectivity index (χ2n) is 6.00. The highest BCUT2D eigenvalue weighted by Gasteiger charge is 2.15. The SMILES string of the molecule is Cc1cccc(C(CCc2cnc[nH]2)c2cccc(C)c2)c1. The Morgan fingerprint density at radius 2 is 1.59 bits per heavy atom. The van der Waals surface area contributed by atoms with Crippen LogP contribution in [-0.4, -0.2) is 9.97 Å². The zero-order chi connectivity index (χ0) is 15.4. The molecular formula is C20H22N2. The molecule has 0 amide bonds. The first-order valence-electron chi connectivity index (χ1n) is 7.83. The summed E-state index contributed by atoms with van der Waals surface area (Å²) in [6.07, 6.45) is 5.76. The van der Waals surface area contributed by atoms with Gasteiger partial charge in [-0.3, -0.25) is 0 Å². The van der Waals surface area contributed by atoms with Gasteiger partial charge in [0.25, 0.3) is 0 Å². The second kappa shape index (κ2) is 6.61. The molecule has 3 aromatic rings. The Morgan fingerprint density at radius 3 is 2.09 bits per heavy atom. The van der Waals surface area contributed by atoms with Crippen LogP contribution in [0.2, 0.25) is 0 Å². The first kappa shape index (κ1) is 14.6. The Morgan fingerprint density at radius 1 is 0.955 bits per heavy atom. The summed E-state index contributed by atoms with van der Waals surface area (Å²) in [5.74, 6) is 0.420. The van der Waals surface area contributed by atoms with E-state index >= 15 is 0 Å². The smallest absolute Gasteiger partial charge is 0.0921 e. The molecule has 0 aliphatic carbocycles. The quantitative estimate of drug-likeness (QED) is 0.719. The first-order chi connectivity index (χ1) is 10.7. The third-order valence-corrected chi connectivity index (χ3v) is 4.15. The van der Waals surface area contributed by atoms with Gasteiger partial charge in [-0.05, 0) is 37.8 Å². The van der Waals surface area contributed by atoms with Crippen molar-refractivity contribution in [3.63, 3.8) is 0 Å². The Balaban J connectivity index is 1.91. The average Bonchev–Trinajstić information content (AvgIpc) is 3.01. The maximum atomic E-state index is 4.12. The van der Waals surface area contributed by atoms with Crippen molar-refractivity contribution in [2.45, 2.75) is 32.6 Å². The van der Waals surface area contributed by atoms with Gasteiger partial charge in [0.2, 0.25) is 0 Å². The number of hydrogen-bond acceptors (Lipinski definition) is 1. The minimum Gasteiger partial charge on any atom is -0.348 e. The van der Waals surface area contributed by atoms with E-state index in [1.807, 2.05) is 6.20 Å². The molecule has 0 bridgehead atoms. The normalized spacial score (nSPS) is 11.0. The molecule has 0 spiro atoms. The fourth-order valence-corrected chi connectivity index (χ4v) is 3.02. The third-order valence-electron chi connectivity index (χ3n) is 4.15. The van der Waals surface area contributed by atoms with E-state index in [9.17, 15) is 0 Å². The Hall–Kier alpha value is -2.35. The zero-order valence-corrected chi connectivity index (χ0v) is 13.2. The van der Waals surface area contributed by atoms with Crippen LogP contribution in [0.15, 0.2) is 61.1 Å². The van der Waals surface area contributed by atoms with Gasteiger partial charge in [-0.2, -0.15) is 0 Å². The molecule has 0 aliphatic rings. The van der Waals surface area contributed by atoms with Gasteiger partial charge in [0, 0.05) is 17.8 Å². The summed E-state index contributed by atoms with van der Waals surface area (Å²) in [6, 6.07) is 17.7. The zero-order valence-electron chi connectivity index (χ0n) is 13.2. The monoisotopic (exact) mass is 290 g/mol. The lowest BCUT2D eigenvalue weighted by Crippen LogP contribution is -2.04. The number of aromatic amines is 1. The van der Waals surface area contributed by atoms with Crippen LogP contribution in [0.25, 0.3) is 0 Å². The van der Waals surface area contributed by atoms with Crippen LogP contribution in [0.4, 0.5) is 0 Å². The molecule has 1 N–H and O–H groups in total. The van der Waals surface area contributed by atoms with E-state index in [1.165, 1.54) is 27.9 Å². The number of hydrogen-bond donors (Lipinski definition) is 1. The van der Waals surface area contributed by atoms with Crippen LogP contribution in [0.5, 0.6) is 0 Å². The summed E-state index contributed by atoms with van der Waals surface area (Å²) < 4.78 is 0. The fraction of sp³-hybridized carbons (Fsp3) is 0.250. The number of benzene rings is 2. The first-order valence-corrected chi connectivity index (χ1v) is 7.83. The molecule has 2 aromatic carbocycles. The van der Waals surface area contributed by atoms with E-state index in [1.54, 1.807) is 6.33 Å². The molecule has 0 radical (unpaired) electrons. The van der Waals surface area contributed by atoms with Crippen molar-refractivity contribution >= 4 is 0 Å². The summed E-state index contributed by atoms with van der Waals surface area (Å²) in [7, 11) is 0. The molecule has 0 unspecified atom stereocenters. The van der Waals surface area contributed by atoms with Gasteiger partial charge in [0.1, 0.15) is 0 Å². The third kappa shape index (κ3) is 3.45. The van der Waals surface area contributed by atoms with Crippen LogP contribution in [0, 0.1) is 13.8 Å². The number of aromatic nitrogens is 2. The highest BCUT2D eigenvalue weighted by Crippen LogP contribution is 2.30. The summed E-state index contributed by atoms with van der Waals surface area (Å²) in [4.78, 5) is 7.33. The van der Waals surface area contributed by atoms with Crippen molar-refractivity contribution in [2.24, 2.45) is 0 Å². The van der Waals surface area contributed by atoms with Crippen molar-refractivity contribution < 1.29 is 0 Å². The highest BCUT2D eigenvalue weighted by molar-refractivity contribution is 5.36. The molecule has 0 atom stereocenters. The molecule has 2 nitrogen and oxygen atoms in total. The van der Waals surface area contributed by atoms with E-state index in [0.29, 0.717) is 5.92 Å². The van der Waals surface area contributed by atoms with E-state index in [-0.39, 0.29) is 0 Å². The van der Waals surface area contributed by atoms with E-state index in [2.05, 4.69) is 72.3 Å². The van der Waals surface area contributed by atoms with Crippen LogP contribution in [-0.2, 0) is 6.42 Å². The lowest BCUT2D eigenvalue weighted by Gasteiger charge is -2.19. The lowest BCUT2D eigenvalue weighted by atomic mass is 9.86. The molecule has 0 aliphatic heterocycles. The average molecular weight is 290 g/mol. The predicted molar refractivity (Wildman–Crippen MR) is 91.1 cm³/mol. The molecule has 0 saturated carbocycles. The van der Waals surface area contributed by atoms with Gasteiger partial charge < -0.3 is 4.98 Å². The van der Waals surface area contributed by atoms with Crippen molar-refractivity contribution in [1.82, 2.24) is 9.97 Å². The minimum absolute atomic E-state index is 0.420. The van der Waals surface area contributed by atoms with Gasteiger partial charge in [-0.1, -0.05) is 59.7 Å². The van der Waals surface area contributed by atoms with E-state index < -0.39 is 0 Å². The maximum Gasteiger partial charge on any atom is 0.0921 e.